The van der Waals surface area contributed by atoms with Gasteiger partial charge in [0.05, 0.1) is 11.0 Å². The van der Waals surface area contributed by atoms with Crippen LogP contribution >= 0.6 is 0 Å². The van der Waals surface area contributed by atoms with Crippen LogP contribution in [-0.4, -0.2) is 9.97 Å². The second kappa shape index (κ2) is 3.77. The molecule has 0 saturated heterocycles. The van der Waals surface area contributed by atoms with E-state index in [1.807, 2.05) is 13.1 Å². The molecule has 0 atom stereocenters. The van der Waals surface area contributed by atoms with Gasteiger partial charge in [-0.3, -0.25) is 9.97 Å². The topological polar surface area (TPSA) is 25.8 Å². The quantitative estimate of drug-likeness (QED) is 0.551. The lowest BCUT2D eigenvalue weighted by atomic mass is 10.0. The lowest BCUT2D eigenvalue weighted by Gasteiger charge is -2.09. The minimum absolute atomic E-state index is 1.02. The van der Waals surface area contributed by atoms with Crippen LogP contribution in [0.5, 0.6) is 0 Å². The van der Waals surface area contributed by atoms with E-state index in [4.69, 9.17) is 0 Å². The number of nitrogens with zero attached hydrogens (tertiary/aromatic N) is 2. The van der Waals surface area contributed by atoms with Crippen molar-refractivity contribution in [2.45, 2.75) is 27.7 Å². The first kappa shape index (κ1) is 11.1. The zero-order chi connectivity index (χ0) is 12.9. The molecule has 0 bridgehead atoms. The van der Waals surface area contributed by atoms with Gasteiger partial charge in [0.15, 0.2) is 0 Å². The molecule has 0 aliphatic carbocycles. The van der Waals surface area contributed by atoms with Crippen molar-refractivity contribution in [3.8, 4) is 0 Å². The second-order valence-corrected chi connectivity index (χ2v) is 5.08. The Bertz CT molecular complexity index is 773. The van der Waals surface area contributed by atoms with Crippen LogP contribution in [0.3, 0.4) is 0 Å². The fourth-order valence-electron chi connectivity index (χ4n) is 2.56. The van der Waals surface area contributed by atoms with E-state index in [9.17, 15) is 0 Å². The molecule has 0 saturated carbocycles. The summed E-state index contributed by atoms with van der Waals surface area (Å²) in [5, 5.41) is 2.42. The third-order valence-corrected chi connectivity index (χ3v) is 3.43. The van der Waals surface area contributed by atoms with Crippen molar-refractivity contribution >= 4 is 21.8 Å². The van der Waals surface area contributed by atoms with Gasteiger partial charge in [-0.25, -0.2) is 0 Å². The molecule has 0 aliphatic heterocycles. The highest BCUT2D eigenvalue weighted by atomic mass is 14.7. The SMILES string of the molecule is Cc1cnc2c(c1)c(C)cc1c(C)cc(C)nc12. The van der Waals surface area contributed by atoms with Crippen LogP contribution in [0.4, 0.5) is 0 Å². The normalized spacial score (nSPS) is 11.3. The molecule has 0 aliphatic rings. The summed E-state index contributed by atoms with van der Waals surface area (Å²) in [6, 6.07) is 6.54. The summed E-state index contributed by atoms with van der Waals surface area (Å²) < 4.78 is 0. The molecular formula is C16H16N2. The minimum Gasteiger partial charge on any atom is -0.254 e. The minimum atomic E-state index is 1.02. The Morgan fingerprint density at radius 2 is 1.44 bits per heavy atom. The first-order chi connectivity index (χ1) is 8.56. The second-order valence-electron chi connectivity index (χ2n) is 5.08. The maximum absolute atomic E-state index is 4.67. The molecule has 0 N–H and O–H groups in total. The standard InChI is InChI=1S/C16H16N2/c1-9-5-13-11(3)7-14-10(2)6-12(4)18-16(14)15(13)17-8-9/h5-8H,1-4H3. The number of aryl methyl sites for hydroxylation is 4. The van der Waals surface area contributed by atoms with Gasteiger partial charge in [0, 0.05) is 22.7 Å². The third kappa shape index (κ3) is 1.57. The Morgan fingerprint density at radius 3 is 2.22 bits per heavy atom. The molecule has 2 heteroatoms. The first-order valence-electron chi connectivity index (χ1n) is 6.20. The Hall–Kier alpha value is -1.96. The number of hydrogen-bond acceptors (Lipinski definition) is 2. The Labute approximate surface area is 107 Å². The van der Waals surface area contributed by atoms with Crippen molar-refractivity contribution in [2.75, 3.05) is 0 Å². The lowest BCUT2D eigenvalue weighted by molar-refractivity contribution is 1.23. The maximum Gasteiger partial charge on any atom is 0.0970 e. The van der Waals surface area contributed by atoms with Crippen LogP contribution < -0.4 is 0 Å². The van der Waals surface area contributed by atoms with E-state index in [0.29, 0.717) is 0 Å². The van der Waals surface area contributed by atoms with Crippen LogP contribution in [0.15, 0.2) is 24.4 Å². The summed E-state index contributed by atoms with van der Waals surface area (Å²) in [6.07, 6.45) is 1.92. The number of fused-ring (bicyclic) bond motifs is 3. The summed E-state index contributed by atoms with van der Waals surface area (Å²) >= 11 is 0. The predicted molar refractivity (Wildman–Crippen MR) is 76.0 cm³/mol. The van der Waals surface area contributed by atoms with Gasteiger partial charge in [-0.1, -0.05) is 0 Å². The van der Waals surface area contributed by atoms with Crippen LogP contribution in [0.2, 0.25) is 0 Å². The van der Waals surface area contributed by atoms with Crippen LogP contribution in [0.1, 0.15) is 22.4 Å². The molecule has 2 aromatic heterocycles. The molecule has 0 amide bonds. The van der Waals surface area contributed by atoms with Crippen molar-refractivity contribution in [3.63, 3.8) is 0 Å². The maximum atomic E-state index is 4.67. The van der Waals surface area contributed by atoms with Crippen LogP contribution in [-0.2, 0) is 0 Å². The molecule has 3 aromatic rings. The molecule has 1 aromatic carbocycles. The monoisotopic (exact) mass is 236 g/mol. The average Bonchev–Trinajstić information content (AvgIpc) is 2.31. The highest BCUT2D eigenvalue weighted by Gasteiger charge is 2.09. The highest BCUT2D eigenvalue weighted by Crippen LogP contribution is 2.28. The van der Waals surface area contributed by atoms with E-state index in [1.165, 1.54) is 27.5 Å². The Kier molecular flexibility index (Phi) is 2.34. The van der Waals surface area contributed by atoms with Gasteiger partial charge in [0.1, 0.15) is 0 Å². The van der Waals surface area contributed by atoms with Crippen molar-refractivity contribution in [1.29, 1.82) is 0 Å². The third-order valence-electron chi connectivity index (χ3n) is 3.43. The number of aromatic nitrogens is 2. The van der Waals surface area contributed by atoms with Gasteiger partial charge >= 0.3 is 0 Å². The molecule has 90 valence electrons. The zero-order valence-electron chi connectivity index (χ0n) is 11.2. The smallest absolute Gasteiger partial charge is 0.0970 e. The largest absolute Gasteiger partial charge is 0.254 e. The molecule has 2 nitrogen and oxygen atoms in total. The van der Waals surface area contributed by atoms with Gasteiger partial charge in [0.25, 0.3) is 0 Å². The van der Waals surface area contributed by atoms with Crippen LogP contribution in [0, 0.1) is 27.7 Å². The van der Waals surface area contributed by atoms with Crippen molar-refractivity contribution < 1.29 is 0 Å². The van der Waals surface area contributed by atoms with Crippen molar-refractivity contribution in [3.05, 3.63) is 46.8 Å². The first-order valence-corrected chi connectivity index (χ1v) is 6.20. The van der Waals surface area contributed by atoms with Crippen molar-refractivity contribution in [2.24, 2.45) is 0 Å². The predicted octanol–water partition coefficient (Wildman–Crippen LogP) is 4.02. The molecule has 18 heavy (non-hydrogen) atoms. The summed E-state index contributed by atoms with van der Waals surface area (Å²) in [5.74, 6) is 0. The number of pyridine rings is 2. The van der Waals surface area contributed by atoms with E-state index >= 15 is 0 Å². The summed E-state index contributed by atoms with van der Waals surface area (Å²) in [5.41, 5.74) is 6.81. The molecule has 0 radical (unpaired) electrons. The lowest BCUT2D eigenvalue weighted by Crippen LogP contribution is -1.93. The molecule has 2 heterocycles. The highest BCUT2D eigenvalue weighted by molar-refractivity contribution is 6.05. The van der Waals surface area contributed by atoms with E-state index in [1.54, 1.807) is 0 Å². The van der Waals surface area contributed by atoms with Gasteiger partial charge < -0.3 is 0 Å². The van der Waals surface area contributed by atoms with E-state index in [2.05, 4.69) is 48.9 Å². The molecule has 3 rings (SSSR count). The van der Waals surface area contributed by atoms with E-state index in [-0.39, 0.29) is 0 Å². The van der Waals surface area contributed by atoms with E-state index in [0.717, 1.165) is 16.7 Å². The van der Waals surface area contributed by atoms with E-state index < -0.39 is 0 Å². The summed E-state index contributed by atoms with van der Waals surface area (Å²) in [4.78, 5) is 9.26. The van der Waals surface area contributed by atoms with Gasteiger partial charge in [-0.05, 0) is 62.6 Å². The Balaban J connectivity index is 2.60. The molecular weight excluding hydrogens is 220 g/mol. The molecule has 0 spiro atoms. The molecule has 0 unspecified atom stereocenters. The van der Waals surface area contributed by atoms with Crippen molar-refractivity contribution in [1.82, 2.24) is 9.97 Å². The summed E-state index contributed by atoms with van der Waals surface area (Å²) in [6.45, 7) is 8.38. The fourth-order valence-corrected chi connectivity index (χ4v) is 2.56. The Morgan fingerprint density at radius 1 is 0.778 bits per heavy atom. The average molecular weight is 236 g/mol. The van der Waals surface area contributed by atoms with Gasteiger partial charge in [-0.15, -0.1) is 0 Å². The van der Waals surface area contributed by atoms with Gasteiger partial charge in [0.2, 0.25) is 0 Å². The molecule has 0 fully saturated rings. The van der Waals surface area contributed by atoms with Crippen LogP contribution in [0.25, 0.3) is 21.8 Å². The number of benzene rings is 1. The number of rotatable bonds is 0. The van der Waals surface area contributed by atoms with Gasteiger partial charge in [-0.2, -0.15) is 0 Å². The fraction of sp³-hybridized carbons (Fsp3) is 0.250. The zero-order valence-corrected chi connectivity index (χ0v) is 11.2. The number of hydrogen-bond donors (Lipinski definition) is 0. The summed E-state index contributed by atoms with van der Waals surface area (Å²) in [7, 11) is 0.